The van der Waals surface area contributed by atoms with Crippen molar-refractivity contribution in [3.8, 4) is 0 Å². The molecule has 0 aromatic heterocycles. The Morgan fingerprint density at radius 3 is 2.42 bits per heavy atom. The number of hydrogen-bond acceptors (Lipinski definition) is 4. The molecule has 8 heteroatoms. The van der Waals surface area contributed by atoms with Gasteiger partial charge in [-0.1, -0.05) is 66.5 Å². The summed E-state index contributed by atoms with van der Waals surface area (Å²) in [6.45, 7) is 2.28. The molecular weight excluding hydrogens is 437 g/mol. The zero-order chi connectivity index (χ0) is 22.4. The Morgan fingerprint density at radius 2 is 1.77 bits per heavy atom. The van der Waals surface area contributed by atoms with Gasteiger partial charge in [-0.25, -0.2) is 0 Å². The third-order valence-electron chi connectivity index (χ3n) is 4.84. The van der Waals surface area contributed by atoms with Gasteiger partial charge in [-0.05, 0) is 41.8 Å². The van der Waals surface area contributed by atoms with Gasteiger partial charge in [0.2, 0.25) is 0 Å². The molecule has 0 aliphatic rings. The van der Waals surface area contributed by atoms with Crippen molar-refractivity contribution >= 4 is 40.5 Å². The summed E-state index contributed by atoms with van der Waals surface area (Å²) in [4.78, 5) is 23.8. The number of anilines is 1. The largest absolute Gasteiger partial charge is 0.375 e. The van der Waals surface area contributed by atoms with E-state index in [0.29, 0.717) is 28.7 Å². The van der Waals surface area contributed by atoms with E-state index in [9.17, 15) is 14.9 Å². The summed E-state index contributed by atoms with van der Waals surface area (Å²) in [6.07, 6.45) is 0.696. The van der Waals surface area contributed by atoms with Crippen molar-refractivity contribution in [2.75, 3.05) is 5.32 Å². The van der Waals surface area contributed by atoms with Gasteiger partial charge >= 0.3 is 0 Å². The molecule has 3 aromatic carbocycles. The average Bonchev–Trinajstić information content (AvgIpc) is 2.78. The standard InChI is InChI=1S/C23H21Cl2N3O3/c1-2-20(16-6-4-3-5-7-16)27-23(29)17-9-11-21(22(13-17)28(30)31)26-14-15-8-10-18(24)19(25)12-15/h3-13,20,26H,2,14H2,1H3,(H,27,29)/t20-/m1/s1. The number of amides is 1. The minimum Gasteiger partial charge on any atom is -0.375 e. The number of carbonyl (C=O) groups is 1. The van der Waals surface area contributed by atoms with Gasteiger partial charge in [0.15, 0.2) is 0 Å². The topological polar surface area (TPSA) is 84.3 Å². The Labute approximate surface area is 190 Å². The van der Waals surface area contributed by atoms with Crippen LogP contribution in [0.4, 0.5) is 11.4 Å². The number of nitro groups is 1. The summed E-state index contributed by atoms with van der Waals surface area (Å²) in [5.74, 6) is -0.366. The maximum absolute atomic E-state index is 12.7. The van der Waals surface area contributed by atoms with Crippen LogP contribution in [0.15, 0.2) is 66.7 Å². The number of rotatable bonds is 8. The van der Waals surface area contributed by atoms with Crippen molar-refractivity contribution in [1.29, 1.82) is 0 Å². The SMILES string of the molecule is CC[C@@H](NC(=O)c1ccc(NCc2ccc(Cl)c(Cl)c2)c([N+](=O)[O-])c1)c1ccccc1. The van der Waals surface area contributed by atoms with Gasteiger partial charge in [0, 0.05) is 18.2 Å². The fourth-order valence-electron chi connectivity index (χ4n) is 3.17. The Hall–Kier alpha value is -3.09. The summed E-state index contributed by atoms with van der Waals surface area (Å²) in [7, 11) is 0. The average molecular weight is 458 g/mol. The summed E-state index contributed by atoms with van der Waals surface area (Å²) >= 11 is 11.9. The van der Waals surface area contributed by atoms with E-state index < -0.39 is 4.92 Å². The number of hydrogen-bond donors (Lipinski definition) is 2. The van der Waals surface area contributed by atoms with Crippen LogP contribution in [0.1, 0.15) is 40.9 Å². The number of carbonyl (C=O) groups excluding carboxylic acids is 1. The van der Waals surface area contributed by atoms with Gasteiger partial charge in [0.05, 0.1) is 21.0 Å². The molecule has 2 N–H and O–H groups in total. The first-order chi connectivity index (χ1) is 14.9. The molecule has 1 atom stereocenters. The lowest BCUT2D eigenvalue weighted by atomic mass is 10.0. The van der Waals surface area contributed by atoms with Crippen molar-refractivity contribution < 1.29 is 9.72 Å². The van der Waals surface area contributed by atoms with E-state index in [0.717, 1.165) is 11.1 Å². The van der Waals surface area contributed by atoms with Crippen molar-refractivity contribution in [3.05, 3.63) is 104 Å². The lowest BCUT2D eigenvalue weighted by Gasteiger charge is -2.17. The number of nitro benzene ring substituents is 1. The molecule has 0 saturated carbocycles. The van der Waals surface area contributed by atoms with Gasteiger partial charge in [-0.2, -0.15) is 0 Å². The molecule has 3 aromatic rings. The molecule has 0 spiro atoms. The predicted octanol–water partition coefficient (Wildman–Crippen LogP) is 6.39. The lowest BCUT2D eigenvalue weighted by molar-refractivity contribution is -0.384. The normalized spacial score (nSPS) is 11.6. The smallest absolute Gasteiger partial charge is 0.293 e. The van der Waals surface area contributed by atoms with Crippen LogP contribution in [0, 0.1) is 10.1 Å². The van der Waals surface area contributed by atoms with Crippen LogP contribution in [0.3, 0.4) is 0 Å². The minimum atomic E-state index is -0.511. The van der Waals surface area contributed by atoms with Crippen LogP contribution in [0.5, 0.6) is 0 Å². The van der Waals surface area contributed by atoms with Crippen LogP contribution >= 0.6 is 23.2 Å². The molecular formula is C23H21Cl2N3O3. The second-order valence-corrected chi connectivity index (χ2v) is 7.75. The number of nitrogens with zero attached hydrogens (tertiary/aromatic N) is 1. The Kier molecular flexibility index (Phi) is 7.50. The van der Waals surface area contributed by atoms with Gasteiger partial charge in [-0.3, -0.25) is 14.9 Å². The summed E-state index contributed by atoms with van der Waals surface area (Å²) in [5.41, 5.74) is 2.15. The van der Waals surface area contributed by atoms with Gasteiger partial charge in [-0.15, -0.1) is 0 Å². The fourth-order valence-corrected chi connectivity index (χ4v) is 3.49. The summed E-state index contributed by atoms with van der Waals surface area (Å²) in [5, 5.41) is 18.4. The fraction of sp³-hybridized carbons (Fsp3) is 0.174. The molecule has 0 heterocycles. The van der Waals surface area contributed by atoms with E-state index >= 15 is 0 Å². The van der Waals surface area contributed by atoms with Crippen LogP contribution in [-0.4, -0.2) is 10.8 Å². The molecule has 0 bridgehead atoms. The van der Waals surface area contributed by atoms with Crippen molar-refractivity contribution in [2.24, 2.45) is 0 Å². The molecule has 0 saturated heterocycles. The van der Waals surface area contributed by atoms with Crippen LogP contribution in [0.25, 0.3) is 0 Å². The number of halogens is 2. The highest BCUT2D eigenvalue weighted by atomic mass is 35.5. The lowest BCUT2D eigenvalue weighted by Crippen LogP contribution is -2.28. The van der Waals surface area contributed by atoms with Crippen LogP contribution in [-0.2, 0) is 6.54 Å². The third-order valence-corrected chi connectivity index (χ3v) is 5.58. The maximum atomic E-state index is 12.7. The second kappa shape index (κ2) is 10.3. The first kappa shape index (κ1) is 22.6. The highest BCUT2D eigenvalue weighted by Crippen LogP contribution is 2.28. The molecule has 6 nitrogen and oxygen atoms in total. The molecule has 0 fully saturated rings. The zero-order valence-electron chi connectivity index (χ0n) is 16.8. The van der Waals surface area contributed by atoms with E-state index in [1.165, 1.54) is 12.1 Å². The highest BCUT2D eigenvalue weighted by Gasteiger charge is 2.20. The summed E-state index contributed by atoms with van der Waals surface area (Å²) < 4.78 is 0. The molecule has 31 heavy (non-hydrogen) atoms. The monoisotopic (exact) mass is 457 g/mol. The zero-order valence-corrected chi connectivity index (χ0v) is 18.3. The molecule has 160 valence electrons. The van der Waals surface area contributed by atoms with Crippen molar-refractivity contribution in [2.45, 2.75) is 25.9 Å². The minimum absolute atomic E-state index is 0.180. The third kappa shape index (κ3) is 5.75. The molecule has 0 aliphatic carbocycles. The van der Waals surface area contributed by atoms with Crippen molar-refractivity contribution in [1.82, 2.24) is 5.32 Å². The Bertz CT molecular complexity index is 1090. The first-order valence-corrected chi connectivity index (χ1v) is 10.5. The first-order valence-electron chi connectivity index (χ1n) is 9.71. The van der Waals surface area contributed by atoms with E-state index in [-0.39, 0.29) is 23.2 Å². The Balaban J connectivity index is 1.76. The highest BCUT2D eigenvalue weighted by molar-refractivity contribution is 6.42. The van der Waals surface area contributed by atoms with E-state index in [2.05, 4.69) is 10.6 Å². The van der Waals surface area contributed by atoms with E-state index in [1.807, 2.05) is 37.3 Å². The second-order valence-electron chi connectivity index (χ2n) is 6.94. The van der Waals surface area contributed by atoms with Gasteiger partial charge in [0.25, 0.3) is 11.6 Å². The van der Waals surface area contributed by atoms with E-state index in [4.69, 9.17) is 23.2 Å². The van der Waals surface area contributed by atoms with E-state index in [1.54, 1.807) is 24.3 Å². The molecule has 0 radical (unpaired) electrons. The van der Waals surface area contributed by atoms with Crippen LogP contribution < -0.4 is 10.6 Å². The molecule has 1 amide bonds. The number of nitrogens with one attached hydrogen (secondary N) is 2. The molecule has 0 unspecified atom stereocenters. The Morgan fingerprint density at radius 1 is 1.03 bits per heavy atom. The summed E-state index contributed by atoms with van der Waals surface area (Å²) in [6, 6.07) is 18.9. The van der Waals surface area contributed by atoms with Crippen molar-refractivity contribution in [3.63, 3.8) is 0 Å². The predicted molar refractivity (Wildman–Crippen MR) is 124 cm³/mol. The molecule has 0 aliphatic heterocycles. The number of benzene rings is 3. The molecule has 3 rings (SSSR count). The van der Waals surface area contributed by atoms with Gasteiger partial charge in [0.1, 0.15) is 5.69 Å². The maximum Gasteiger partial charge on any atom is 0.293 e. The van der Waals surface area contributed by atoms with Gasteiger partial charge < -0.3 is 10.6 Å². The quantitative estimate of drug-likeness (QED) is 0.302. The van der Waals surface area contributed by atoms with Crippen LogP contribution in [0.2, 0.25) is 10.0 Å².